The molecule has 0 aliphatic carbocycles. The van der Waals surface area contributed by atoms with Crippen LogP contribution in [0.2, 0.25) is 5.02 Å². The second kappa shape index (κ2) is 7.58. The number of carbonyl (C=O) groups is 1. The zero-order chi connectivity index (χ0) is 16.2. The van der Waals surface area contributed by atoms with Crippen molar-refractivity contribution < 1.29 is 14.3 Å². The average Bonchev–Trinajstić information content (AvgIpc) is 2.99. The second-order valence-corrected chi connectivity index (χ2v) is 6.58. The zero-order valence-electron chi connectivity index (χ0n) is 13.7. The summed E-state index contributed by atoms with van der Waals surface area (Å²) in [6, 6.07) is 6.21. The molecule has 22 heavy (non-hydrogen) atoms. The summed E-state index contributed by atoms with van der Waals surface area (Å²) in [5.41, 5.74) is 2.10. The molecule has 0 bridgehead atoms. The van der Waals surface area contributed by atoms with Crippen molar-refractivity contribution in [3.05, 3.63) is 34.3 Å². The summed E-state index contributed by atoms with van der Waals surface area (Å²) in [6.45, 7) is 7.09. The minimum absolute atomic E-state index is 0.141. The number of hydrogen-bond donors (Lipinski definition) is 0. The van der Waals surface area contributed by atoms with Gasteiger partial charge in [0.15, 0.2) is 6.29 Å². The minimum atomic E-state index is -0.188. The van der Waals surface area contributed by atoms with E-state index in [0.717, 1.165) is 29.8 Å². The van der Waals surface area contributed by atoms with Gasteiger partial charge < -0.3 is 14.3 Å². The molecule has 1 atom stereocenters. The van der Waals surface area contributed by atoms with Crippen LogP contribution in [0.4, 0.5) is 0 Å². The van der Waals surface area contributed by atoms with Crippen molar-refractivity contribution in [1.29, 1.82) is 0 Å². The Bertz CT molecular complexity index is 523. The first-order valence-corrected chi connectivity index (χ1v) is 8.34. The van der Waals surface area contributed by atoms with Gasteiger partial charge in [-0.05, 0) is 43.9 Å². The van der Waals surface area contributed by atoms with Crippen LogP contribution in [0.15, 0.2) is 18.2 Å². The molecule has 0 saturated carbocycles. The fraction of sp³-hybridized carbons (Fsp3) is 0.611. The molecule has 0 spiro atoms. The van der Waals surface area contributed by atoms with E-state index in [1.807, 2.05) is 19.1 Å². The van der Waals surface area contributed by atoms with Gasteiger partial charge in [0.25, 0.3) is 0 Å². The Morgan fingerprint density at radius 3 is 2.59 bits per heavy atom. The Morgan fingerprint density at radius 2 is 2.05 bits per heavy atom. The first-order chi connectivity index (χ1) is 10.5. The number of rotatable bonds is 7. The highest BCUT2D eigenvalue weighted by Gasteiger charge is 2.35. The predicted octanol–water partition coefficient (Wildman–Crippen LogP) is 4.43. The number of benzene rings is 1. The molecule has 122 valence electrons. The minimum Gasteiger partial charge on any atom is -0.350 e. The number of carbonyl (C=O) groups excluding carboxylic acids is 1. The molecule has 0 aromatic heterocycles. The number of Topliss-reactive ketones (excluding diaryl/α,β-unsaturated/α-hetero) is 1. The van der Waals surface area contributed by atoms with Gasteiger partial charge in [0.1, 0.15) is 5.78 Å². The van der Waals surface area contributed by atoms with Crippen molar-refractivity contribution in [3.63, 3.8) is 0 Å². The first-order valence-electron chi connectivity index (χ1n) is 7.96. The molecule has 1 aliphatic rings. The van der Waals surface area contributed by atoms with Crippen molar-refractivity contribution in [3.8, 4) is 0 Å². The van der Waals surface area contributed by atoms with Crippen LogP contribution in [0, 0.1) is 6.92 Å². The van der Waals surface area contributed by atoms with Crippen molar-refractivity contribution in [1.82, 2.24) is 0 Å². The summed E-state index contributed by atoms with van der Waals surface area (Å²) in [5.74, 6) is 0.212. The maximum absolute atomic E-state index is 11.5. The Kier molecular flexibility index (Phi) is 6.01. The Balaban J connectivity index is 2.31. The molecule has 3 nitrogen and oxygen atoms in total. The van der Waals surface area contributed by atoms with Crippen LogP contribution >= 0.6 is 11.6 Å². The van der Waals surface area contributed by atoms with E-state index in [0.29, 0.717) is 19.6 Å². The number of halogens is 1. The smallest absolute Gasteiger partial charge is 0.158 e. The van der Waals surface area contributed by atoms with E-state index in [4.69, 9.17) is 21.1 Å². The Labute approximate surface area is 137 Å². The van der Waals surface area contributed by atoms with Gasteiger partial charge in [0, 0.05) is 23.3 Å². The van der Waals surface area contributed by atoms with Crippen molar-refractivity contribution in [2.75, 3.05) is 13.2 Å². The van der Waals surface area contributed by atoms with Crippen LogP contribution < -0.4 is 0 Å². The zero-order valence-corrected chi connectivity index (χ0v) is 14.4. The highest BCUT2D eigenvalue weighted by atomic mass is 35.5. The van der Waals surface area contributed by atoms with Crippen molar-refractivity contribution in [2.24, 2.45) is 0 Å². The normalized spacial score (nSPS) is 18.4. The lowest BCUT2D eigenvalue weighted by Crippen LogP contribution is -2.32. The Hall–Kier alpha value is -0.900. The van der Waals surface area contributed by atoms with Gasteiger partial charge in [-0.15, -0.1) is 0 Å². The molecule has 4 heteroatoms. The molecule has 1 aromatic carbocycles. The molecule has 0 radical (unpaired) electrons. The fourth-order valence-corrected chi connectivity index (χ4v) is 3.25. The molecular weight excluding hydrogens is 300 g/mol. The molecule has 0 amide bonds. The summed E-state index contributed by atoms with van der Waals surface area (Å²) in [5, 5.41) is 0.770. The third kappa shape index (κ3) is 4.09. The maximum Gasteiger partial charge on any atom is 0.158 e. The number of hydrogen-bond acceptors (Lipinski definition) is 3. The van der Waals surface area contributed by atoms with Gasteiger partial charge in [-0.1, -0.05) is 30.7 Å². The van der Waals surface area contributed by atoms with E-state index < -0.39 is 0 Å². The first kappa shape index (κ1) is 17.5. The molecule has 1 unspecified atom stereocenters. The SMILES string of the molecule is CCC(CCC(C)=O)(CC1OCCO1)c1ccc(C)c(Cl)c1. The quantitative estimate of drug-likeness (QED) is 0.744. The largest absolute Gasteiger partial charge is 0.350 e. The lowest BCUT2D eigenvalue weighted by molar-refractivity contribution is -0.117. The summed E-state index contributed by atoms with van der Waals surface area (Å²) in [6.07, 6.45) is 2.85. The average molecular weight is 325 g/mol. The summed E-state index contributed by atoms with van der Waals surface area (Å²) in [7, 11) is 0. The van der Waals surface area contributed by atoms with E-state index in [-0.39, 0.29) is 17.5 Å². The van der Waals surface area contributed by atoms with Crippen molar-refractivity contribution >= 4 is 17.4 Å². The van der Waals surface area contributed by atoms with Crippen LogP contribution in [0.1, 0.15) is 50.7 Å². The van der Waals surface area contributed by atoms with E-state index in [1.54, 1.807) is 6.92 Å². The third-order valence-electron chi connectivity index (χ3n) is 4.66. The molecule has 0 N–H and O–H groups in total. The predicted molar refractivity (Wildman–Crippen MR) is 88.4 cm³/mol. The molecule has 1 fully saturated rings. The molecule has 1 aromatic rings. The van der Waals surface area contributed by atoms with E-state index in [1.165, 1.54) is 5.56 Å². The summed E-state index contributed by atoms with van der Waals surface area (Å²) in [4.78, 5) is 11.5. The standard InChI is InChI=1S/C18H25ClO3/c1-4-18(8-7-14(3)20,12-17-21-9-10-22-17)15-6-5-13(2)16(19)11-15/h5-6,11,17H,4,7-10,12H2,1-3H3. The van der Waals surface area contributed by atoms with Gasteiger partial charge in [-0.2, -0.15) is 0 Å². The number of ketones is 1. The molecule has 1 saturated heterocycles. The van der Waals surface area contributed by atoms with Gasteiger partial charge >= 0.3 is 0 Å². The molecular formula is C18H25ClO3. The molecule has 2 rings (SSSR count). The highest BCUT2D eigenvalue weighted by molar-refractivity contribution is 6.31. The van der Waals surface area contributed by atoms with E-state index in [2.05, 4.69) is 13.0 Å². The van der Waals surface area contributed by atoms with Gasteiger partial charge in [-0.25, -0.2) is 0 Å². The molecule has 1 heterocycles. The number of aryl methyl sites for hydroxylation is 1. The third-order valence-corrected chi connectivity index (χ3v) is 5.07. The van der Waals surface area contributed by atoms with Crippen LogP contribution in [-0.4, -0.2) is 25.3 Å². The van der Waals surface area contributed by atoms with Crippen LogP contribution in [0.3, 0.4) is 0 Å². The van der Waals surface area contributed by atoms with Crippen LogP contribution in [-0.2, 0) is 19.7 Å². The highest BCUT2D eigenvalue weighted by Crippen LogP contribution is 2.40. The van der Waals surface area contributed by atoms with Gasteiger partial charge in [0.05, 0.1) is 13.2 Å². The van der Waals surface area contributed by atoms with Gasteiger partial charge in [-0.3, -0.25) is 0 Å². The maximum atomic E-state index is 11.5. The van der Waals surface area contributed by atoms with E-state index in [9.17, 15) is 4.79 Å². The van der Waals surface area contributed by atoms with Crippen molar-refractivity contribution in [2.45, 2.75) is 58.2 Å². The fourth-order valence-electron chi connectivity index (χ4n) is 3.07. The van der Waals surface area contributed by atoms with Gasteiger partial charge in [0.2, 0.25) is 0 Å². The topological polar surface area (TPSA) is 35.5 Å². The monoisotopic (exact) mass is 324 g/mol. The lowest BCUT2D eigenvalue weighted by atomic mass is 9.71. The van der Waals surface area contributed by atoms with Crippen LogP contribution in [0.25, 0.3) is 0 Å². The number of ether oxygens (including phenoxy) is 2. The lowest BCUT2D eigenvalue weighted by Gasteiger charge is -2.35. The van der Waals surface area contributed by atoms with E-state index >= 15 is 0 Å². The Morgan fingerprint density at radius 1 is 1.36 bits per heavy atom. The second-order valence-electron chi connectivity index (χ2n) is 6.18. The van der Waals surface area contributed by atoms with Crippen LogP contribution in [0.5, 0.6) is 0 Å². The molecule has 1 aliphatic heterocycles. The summed E-state index contributed by atoms with van der Waals surface area (Å²) < 4.78 is 11.3. The summed E-state index contributed by atoms with van der Waals surface area (Å²) >= 11 is 6.33.